The maximum absolute atomic E-state index is 12.5. The van der Waals surface area contributed by atoms with E-state index in [2.05, 4.69) is 10.2 Å². The zero-order valence-corrected chi connectivity index (χ0v) is 14.8. The van der Waals surface area contributed by atoms with E-state index in [0.29, 0.717) is 12.1 Å². The van der Waals surface area contributed by atoms with Crippen molar-refractivity contribution in [2.75, 3.05) is 36.5 Å². The van der Waals surface area contributed by atoms with Crippen LogP contribution in [0.5, 0.6) is 0 Å². The van der Waals surface area contributed by atoms with Gasteiger partial charge in [-0.2, -0.15) is 13.2 Å². The molecule has 0 saturated carbocycles. The van der Waals surface area contributed by atoms with Gasteiger partial charge in [0.05, 0.1) is 18.8 Å². The van der Waals surface area contributed by atoms with E-state index in [4.69, 9.17) is 4.74 Å². The number of alkyl halides is 3. The average molecular weight is 378 g/mol. The van der Waals surface area contributed by atoms with Gasteiger partial charge in [-0.25, -0.2) is 0 Å². The lowest BCUT2D eigenvalue weighted by Gasteiger charge is -2.28. The summed E-state index contributed by atoms with van der Waals surface area (Å²) in [6, 6.07) is 12.5. The number of amides is 1. The number of ether oxygens (including phenoxy) is 1. The topological polar surface area (TPSA) is 41.6 Å². The number of carbonyl (C=O) groups excluding carboxylic acids is 1. The number of benzene rings is 2. The Kier molecular flexibility index (Phi) is 6.01. The van der Waals surface area contributed by atoms with Crippen LogP contribution in [0.3, 0.4) is 0 Å². The maximum atomic E-state index is 12.5. The molecule has 1 aliphatic heterocycles. The standard InChI is InChI=1S/C20H21F3N2O2/c21-20(22,23)16-4-6-17(7-5-16)24-19(26)10-3-15-1-8-18(9-2-15)25-11-13-27-14-12-25/h1-2,4-9H,3,10-14H2,(H,24,26). The van der Waals surface area contributed by atoms with Crippen molar-refractivity contribution in [3.63, 3.8) is 0 Å². The molecule has 0 aromatic heterocycles. The number of hydrogen-bond acceptors (Lipinski definition) is 3. The van der Waals surface area contributed by atoms with Crippen molar-refractivity contribution in [1.29, 1.82) is 0 Å². The van der Waals surface area contributed by atoms with E-state index in [1.807, 2.05) is 24.3 Å². The molecule has 1 saturated heterocycles. The third-order valence-electron chi connectivity index (χ3n) is 4.45. The molecule has 3 rings (SSSR count). The first-order valence-electron chi connectivity index (χ1n) is 8.80. The Bertz CT molecular complexity index is 752. The molecular weight excluding hydrogens is 357 g/mol. The van der Waals surface area contributed by atoms with Gasteiger partial charge in [0.2, 0.25) is 5.91 Å². The Morgan fingerprint density at radius 3 is 2.22 bits per heavy atom. The molecule has 7 heteroatoms. The second-order valence-corrected chi connectivity index (χ2v) is 6.39. The lowest BCUT2D eigenvalue weighted by Crippen LogP contribution is -2.36. The third kappa shape index (κ3) is 5.47. The van der Waals surface area contributed by atoms with E-state index in [-0.39, 0.29) is 12.3 Å². The van der Waals surface area contributed by atoms with Crippen LogP contribution in [0.2, 0.25) is 0 Å². The molecule has 144 valence electrons. The first kappa shape index (κ1) is 19.2. The molecule has 27 heavy (non-hydrogen) atoms. The Labute approximate surface area is 155 Å². The molecule has 1 N–H and O–H groups in total. The Balaban J connectivity index is 1.48. The van der Waals surface area contributed by atoms with Gasteiger partial charge in [-0.3, -0.25) is 4.79 Å². The molecule has 1 aliphatic rings. The normalized spacial score (nSPS) is 14.9. The van der Waals surface area contributed by atoms with Crippen molar-refractivity contribution in [1.82, 2.24) is 0 Å². The van der Waals surface area contributed by atoms with Crippen LogP contribution >= 0.6 is 0 Å². The van der Waals surface area contributed by atoms with Gasteiger partial charge in [0.15, 0.2) is 0 Å². The fourth-order valence-electron chi connectivity index (χ4n) is 2.92. The van der Waals surface area contributed by atoms with Gasteiger partial charge >= 0.3 is 6.18 Å². The van der Waals surface area contributed by atoms with E-state index in [0.717, 1.165) is 49.7 Å². The summed E-state index contributed by atoms with van der Waals surface area (Å²) in [5.41, 5.74) is 1.79. The highest BCUT2D eigenvalue weighted by molar-refractivity contribution is 5.90. The van der Waals surface area contributed by atoms with Crippen molar-refractivity contribution in [3.8, 4) is 0 Å². The van der Waals surface area contributed by atoms with E-state index in [9.17, 15) is 18.0 Å². The number of rotatable bonds is 5. The lowest BCUT2D eigenvalue weighted by atomic mass is 10.1. The first-order chi connectivity index (χ1) is 12.9. The van der Waals surface area contributed by atoms with Crippen molar-refractivity contribution >= 4 is 17.3 Å². The molecule has 4 nitrogen and oxygen atoms in total. The summed E-state index contributed by atoms with van der Waals surface area (Å²) in [7, 11) is 0. The van der Waals surface area contributed by atoms with E-state index < -0.39 is 11.7 Å². The number of nitrogens with zero attached hydrogens (tertiary/aromatic N) is 1. The average Bonchev–Trinajstić information content (AvgIpc) is 2.67. The van der Waals surface area contributed by atoms with E-state index in [1.54, 1.807) is 0 Å². The molecule has 0 unspecified atom stereocenters. The summed E-state index contributed by atoms with van der Waals surface area (Å²) in [5.74, 6) is -0.230. The molecule has 0 bridgehead atoms. The zero-order chi connectivity index (χ0) is 19.3. The minimum absolute atomic E-state index is 0.230. The highest BCUT2D eigenvalue weighted by atomic mass is 19.4. The van der Waals surface area contributed by atoms with Crippen LogP contribution in [-0.2, 0) is 22.1 Å². The Morgan fingerprint density at radius 2 is 1.63 bits per heavy atom. The minimum Gasteiger partial charge on any atom is -0.378 e. The molecular formula is C20H21F3N2O2. The molecule has 1 heterocycles. The lowest BCUT2D eigenvalue weighted by molar-refractivity contribution is -0.137. The van der Waals surface area contributed by atoms with Gasteiger partial charge in [-0.15, -0.1) is 0 Å². The Morgan fingerprint density at radius 1 is 1.00 bits per heavy atom. The van der Waals surface area contributed by atoms with Crippen molar-refractivity contribution < 1.29 is 22.7 Å². The number of carbonyl (C=O) groups is 1. The molecule has 2 aromatic rings. The predicted octanol–water partition coefficient (Wildman–Crippen LogP) is 4.11. The molecule has 0 aliphatic carbocycles. The summed E-state index contributed by atoms with van der Waals surface area (Å²) in [4.78, 5) is 14.3. The number of hydrogen-bond donors (Lipinski definition) is 1. The summed E-state index contributed by atoms with van der Waals surface area (Å²) >= 11 is 0. The highest BCUT2D eigenvalue weighted by Crippen LogP contribution is 2.29. The van der Waals surface area contributed by atoms with Gasteiger partial charge in [-0.1, -0.05) is 12.1 Å². The minimum atomic E-state index is -4.38. The molecule has 0 spiro atoms. The second kappa shape index (κ2) is 8.43. The predicted molar refractivity (Wildman–Crippen MR) is 97.9 cm³/mol. The molecule has 0 atom stereocenters. The van der Waals surface area contributed by atoms with Crippen molar-refractivity contribution in [3.05, 3.63) is 59.7 Å². The van der Waals surface area contributed by atoms with Crippen LogP contribution in [0.1, 0.15) is 17.5 Å². The van der Waals surface area contributed by atoms with Crippen LogP contribution in [0.25, 0.3) is 0 Å². The van der Waals surface area contributed by atoms with Gasteiger partial charge in [0, 0.05) is 30.9 Å². The fourth-order valence-corrected chi connectivity index (χ4v) is 2.92. The maximum Gasteiger partial charge on any atom is 0.416 e. The zero-order valence-electron chi connectivity index (χ0n) is 14.8. The van der Waals surface area contributed by atoms with Crippen LogP contribution in [0.15, 0.2) is 48.5 Å². The Hall–Kier alpha value is -2.54. The molecule has 0 radical (unpaired) electrons. The van der Waals surface area contributed by atoms with Crippen LogP contribution in [0, 0.1) is 0 Å². The highest BCUT2D eigenvalue weighted by Gasteiger charge is 2.29. The van der Waals surface area contributed by atoms with Crippen LogP contribution in [0.4, 0.5) is 24.5 Å². The smallest absolute Gasteiger partial charge is 0.378 e. The molecule has 1 amide bonds. The van der Waals surface area contributed by atoms with Gasteiger partial charge in [-0.05, 0) is 48.4 Å². The fraction of sp³-hybridized carbons (Fsp3) is 0.350. The van der Waals surface area contributed by atoms with Gasteiger partial charge in [0.1, 0.15) is 0 Å². The van der Waals surface area contributed by atoms with Crippen molar-refractivity contribution in [2.24, 2.45) is 0 Å². The monoisotopic (exact) mass is 378 g/mol. The molecule has 1 fully saturated rings. The van der Waals surface area contributed by atoms with Gasteiger partial charge in [0.25, 0.3) is 0 Å². The summed E-state index contributed by atoms with van der Waals surface area (Å²) < 4.78 is 43.0. The molecule has 2 aromatic carbocycles. The van der Waals surface area contributed by atoms with Crippen molar-refractivity contribution in [2.45, 2.75) is 19.0 Å². The number of halogens is 3. The van der Waals surface area contributed by atoms with Gasteiger partial charge < -0.3 is 15.0 Å². The largest absolute Gasteiger partial charge is 0.416 e. The summed E-state index contributed by atoms with van der Waals surface area (Å²) in [6.07, 6.45) is -3.55. The van der Waals surface area contributed by atoms with E-state index >= 15 is 0 Å². The van der Waals surface area contributed by atoms with Crippen LogP contribution in [-0.4, -0.2) is 32.2 Å². The summed E-state index contributed by atoms with van der Waals surface area (Å²) in [5, 5.41) is 2.63. The summed E-state index contributed by atoms with van der Waals surface area (Å²) in [6.45, 7) is 3.20. The second-order valence-electron chi connectivity index (χ2n) is 6.39. The first-order valence-corrected chi connectivity index (χ1v) is 8.80. The number of aryl methyl sites for hydroxylation is 1. The number of morpholine rings is 1. The quantitative estimate of drug-likeness (QED) is 0.851. The third-order valence-corrected chi connectivity index (χ3v) is 4.45. The van der Waals surface area contributed by atoms with E-state index in [1.165, 1.54) is 12.1 Å². The SMILES string of the molecule is O=C(CCc1ccc(N2CCOCC2)cc1)Nc1ccc(C(F)(F)F)cc1. The van der Waals surface area contributed by atoms with Crippen LogP contribution < -0.4 is 10.2 Å². The number of anilines is 2. The number of nitrogens with one attached hydrogen (secondary N) is 1.